The lowest BCUT2D eigenvalue weighted by Gasteiger charge is -2.02. The van der Waals surface area contributed by atoms with Gasteiger partial charge in [-0.2, -0.15) is 5.26 Å². The van der Waals surface area contributed by atoms with Gasteiger partial charge in [-0.25, -0.2) is 8.78 Å². The molecule has 0 saturated heterocycles. The van der Waals surface area contributed by atoms with Crippen LogP contribution in [0.2, 0.25) is 0 Å². The number of anilines is 1. The van der Waals surface area contributed by atoms with Crippen molar-refractivity contribution in [2.45, 2.75) is 0 Å². The van der Waals surface area contributed by atoms with Gasteiger partial charge in [-0.15, -0.1) is 0 Å². The first-order valence-electron chi connectivity index (χ1n) is 2.91. The molecule has 1 rings (SSSR count). The molecule has 2 N–H and O–H groups in total. The second kappa shape index (κ2) is 3.07. The van der Waals surface area contributed by atoms with Crippen molar-refractivity contribution in [2.75, 3.05) is 5.73 Å². The van der Waals surface area contributed by atoms with Crippen LogP contribution in [0, 0.1) is 23.0 Å². The molecule has 2 nitrogen and oxygen atoms in total. The zero-order chi connectivity index (χ0) is 9.30. The van der Waals surface area contributed by atoms with Crippen molar-refractivity contribution in [3.8, 4) is 6.07 Å². The fraction of sp³-hybridized carbons (Fsp3) is 0. The minimum Gasteiger partial charge on any atom is -0.397 e. The molecule has 1 aromatic carbocycles. The lowest BCUT2D eigenvalue weighted by Crippen LogP contribution is -1.97. The van der Waals surface area contributed by atoms with Gasteiger partial charge in [-0.05, 0) is 15.9 Å². The Morgan fingerprint density at radius 3 is 2.50 bits per heavy atom. The highest BCUT2D eigenvalue weighted by atomic mass is 79.9. The molecule has 0 fully saturated rings. The fourth-order valence-corrected chi connectivity index (χ4v) is 1.04. The van der Waals surface area contributed by atoms with Crippen LogP contribution in [0.15, 0.2) is 10.5 Å². The van der Waals surface area contributed by atoms with Crippen molar-refractivity contribution in [3.05, 3.63) is 27.7 Å². The van der Waals surface area contributed by atoms with Crippen molar-refractivity contribution < 1.29 is 8.78 Å². The first-order chi connectivity index (χ1) is 5.57. The summed E-state index contributed by atoms with van der Waals surface area (Å²) in [7, 11) is 0. The number of hydrogen-bond acceptors (Lipinski definition) is 2. The fourth-order valence-electron chi connectivity index (χ4n) is 0.727. The van der Waals surface area contributed by atoms with Crippen LogP contribution in [0.25, 0.3) is 0 Å². The van der Waals surface area contributed by atoms with Gasteiger partial charge in [0.2, 0.25) is 0 Å². The number of nitrogens with two attached hydrogens (primary N) is 1. The maximum Gasteiger partial charge on any atom is 0.146 e. The Hall–Kier alpha value is -1.15. The van der Waals surface area contributed by atoms with E-state index in [0.29, 0.717) is 6.07 Å². The first-order valence-corrected chi connectivity index (χ1v) is 3.70. The number of halogens is 3. The Labute approximate surface area is 75.7 Å². The number of benzene rings is 1. The molecule has 0 atom stereocenters. The molecule has 12 heavy (non-hydrogen) atoms. The second-order valence-electron chi connectivity index (χ2n) is 2.05. The third-order valence-electron chi connectivity index (χ3n) is 1.32. The van der Waals surface area contributed by atoms with Gasteiger partial charge in [-0.3, -0.25) is 0 Å². The normalized spacial score (nSPS) is 9.50. The summed E-state index contributed by atoms with van der Waals surface area (Å²) < 4.78 is 25.3. The molecule has 0 radical (unpaired) electrons. The topological polar surface area (TPSA) is 49.8 Å². The summed E-state index contributed by atoms with van der Waals surface area (Å²) in [5, 5.41) is 8.40. The van der Waals surface area contributed by atoms with Crippen LogP contribution in [0.3, 0.4) is 0 Å². The average Bonchev–Trinajstić information content (AvgIpc) is 2.01. The van der Waals surface area contributed by atoms with E-state index in [2.05, 4.69) is 15.9 Å². The third-order valence-corrected chi connectivity index (χ3v) is 2.13. The van der Waals surface area contributed by atoms with E-state index in [1.54, 1.807) is 0 Å². The highest BCUT2D eigenvalue weighted by Crippen LogP contribution is 2.28. The van der Waals surface area contributed by atoms with Gasteiger partial charge in [-0.1, -0.05) is 0 Å². The Bertz CT molecular complexity index is 371. The summed E-state index contributed by atoms with van der Waals surface area (Å²) >= 11 is 2.79. The number of nitrogens with zero attached hydrogens (tertiary/aromatic N) is 1. The second-order valence-corrected chi connectivity index (χ2v) is 2.85. The van der Waals surface area contributed by atoms with Crippen LogP contribution in [0.4, 0.5) is 14.5 Å². The Morgan fingerprint density at radius 2 is 2.00 bits per heavy atom. The highest BCUT2D eigenvalue weighted by Gasteiger charge is 2.13. The molecule has 0 aliphatic heterocycles. The molecule has 0 unspecified atom stereocenters. The zero-order valence-electron chi connectivity index (χ0n) is 5.74. The Balaban J connectivity index is 3.54. The summed E-state index contributed by atoms with van der Waals surface area (Å²) in [6.45, 7) is 0. The van der Waals surface area contributed by atoms with Crippen molar-refractivity contribution in [2.24, 2.45) is 0 Å². The molecule has 0 aliphatic rings. The molecule has 62 valence electrons. The zero-order valence-corrected chi connectivity index (χ0v) is 7.32. The van der Waals surface area contributed by atoms with E-state index in [9.17, 15) is 8.78 Å². The van der Waals surface area contributed by atoms with Crippen LogP contribution in [0.5, 0.6) is 0 Å². The molecule has 0 saturated carbocycles. The SMILES string of the molecule is N#Cc1c(F)cc(F)c(Br)c1N. The van der Waals surface area contributed by atoms with E-state index in [1.807, 2.05) is 0 Å². The van der Waals surface area contributed by atoms with Crippen molar-refractivity contribution in [3.63, 3.8) is 0 Å². The molecular weight excluding hydrogens is 230 g/mol. The van der Waals surface area contributed by atoms with E-state index in [-0.39, 0.29) is 15.7 Å². The van der Waals surface area contributed by atoms with Gasteiger partial charge >= 0.3 is 0 Å². The molecule has 0 aliphatic carbocycles. The number of rotatable bonds is 0. The lowest BCUT2D eigenvalue weighted by molar-refractivity contribution is 0.578. The van der Waals surface area contributed by atoms with Crippen LogP contribution in [-0.4, -0.2) is 0 Å². The minimum absolute atomic E-state index is 0.0829. The molecule has 5 heteroatoms. The maximum absolute atomic E-state index is 12.7. The van der Waals surface area contributed by atoms with Crippen LogP contribution < -0.4 is 5.73 Å². The van der Waals surface area contributed by atoms with Gasteiger partial charge in [0.05, 0.1) is 10.2 Å². The molecular formula is C7H3BrF2N2. The van der Waals surface area contributed by atoms with Crippen LogP contribution in [0.1, 0.15) is 5.56 Å². The molecule has 0 bridgehead atoms. The van der Waals surface area contributed by atoms with Gasteiger partial charge in [0.1, 0.15) is 23.3 Å². The largest absolute Gasteiger partial charge is 0.397 e. The van der Waals surface area contributed by atoms with Crippen LogP contribution >= 0.6 is 15.9 Å². The van der Waals surface area contributed by atoms with E-state index in [0.717, 1.165) is 0 Å². The Kier molecular flexibility index (Phi) is 2.29. The van der Waals surface area contributed by atoms with Crippen LogP contribution in [-0.2, 0) is 0 Å². The molecule has 1 aromatic rings. The number of nitriles is 1. The molecule has 0 amide bonds. The first kappa shape index (κ1) is 8.94. The molecule has 0 heterocycles. The summed E-state index contributed by atoms with van der Waals surface area (Å²) in [5.74, 6) is -1.76. The summed E-state index contributed by atoms with van der Waals surface area (Å²) in [4.78, 5) is 0. The summed E-state index contributed by atoms with van der Waals surface area (Å²) in [6.07, 6.45) is 0. The highest BCUT2D eigenvalue weighted by molar-refractivity contribution is 9.10. The predicted octanol–water partition coefficient (Wildman–Crippen LogP) is 2.18. The smallest absolute Gasteiger partial charge is 0.146 e. The third kappa shape index (κ3) is 1.25. The monoisotopic (exact) mass is 232 g/mol. The average molecular weight is 233 g/mol. The standard InChI is InChI=1S/C7H3BrF2N2/c8-6-5(10)1-4(9)3(2-11)7(6)12/h1H,12H2. The van der Waals surface area contributed by atoms with Gasteiger partial charge in [0.15, 0.2) is 0 Å². The Morgan fingerprint density at radius 1 is 1.42 bits per heavy atom. The van der Waals surface area contributed by atoms with Gasteiger partial charge < -0.3 is 5.73 Å². The minimum atomic E-state index is -0.948. The summed E-state index contributed by atoms with van der Waals surface area (Å²) in [6, 6.07) is 2.15. The van der Waals surface area contributed by atoms with Crippen molar-refractivity contribution >= 4 is 21.6 Å². The van der Waals surface area contributed by atoms with E-state index in [4.69, 9.17) is 11.0 Å². The van der Waals surface area contributed by atoms with Crippen molar-refractivity contribution in [1.29, 1.82) is 5.26 Å². The molecule has 0 spiro atoms. The summed E-state index contributed by atoms with van der Waals surface area (Å²) in [5.41, 5.74) is 4.69. The predicted molar refractivity (Wildman–Crippen MR) is 43.2 cm³/mol. The maximum atomic E-state index is 12.7. The van der Waals surface area contributed by atoms with E-state index in [1.165, 1.54) is 6.07 Å². The number of nitrogen functional groups attached to an aromatic ring is 1. The quantitative estimate of drug-likeness (QED) is 0.551. The lowest BCUT2D eigenvalue weighted by atomic mass is 10.2. The molecule has 0 aromatic heterocycles. The number of hydrogen-bond donors (Lipinski definition) is 1. The van der Waals surface area contributed by atoms with Gasteiger partial charge in [0, 0.05) is 6.07 Å². The van der Waals surface area contributed by atoms with Gasteiger partial charge in [0.25, 0.3) is 0 Å². The van der Waals surface area contributed by atoms with Crippen molar-refractivity contribution in [1.82, 2.24) is 0 Å². The van der Waals surface area contributed by atoms with E-state index >= 15 is 0 Å². The van der Waals surface area contributed by atoms with E-state index < -0.39 is 11.6 Å².